The van der Waals surface area contributed by atoms with Gasteiger partial charge in [0.25, 0.3) is 0 Å². The van der Waals surface area contributed by atoms with Gasteiger partial charge in [0.2, 0.25) is 0 Å². The molecule has 1 N–H and O–H groups in total. The summed E-state index contributed by atoms with van der Waals surface area (Å²) >= 11 is 0. The average molecular weight is 349 g/mol. The Morgan fingerprint density at radius 3 is 2.18 bits per heavy atom. The van der Waals surface area contributed by atoms with E-state index < -0.39 is 11.7 Å². The number of aromatic carboxylic acids is 1. The van der Waals surface area contributed by atoms with Crippen LogP contribution in [0.15, 0.2) is 36.4 Å². The van der Waals surface area contributed by atoms with Crippen LogP contribution in [0.3, 0.4) is 0 Å². The van der Waals surface area contributed by atoms with Gasteiger partial charge < -0.3 is 10.2 Å². The minimum absolute atomic E-state index is 0. The Balaban J connectivity index is 0.00000242. The normalized spacial score (nSPS) is 10.9. The van der Waals surface area contributed by atoms with Gasteiger partial charge in [0.1, 0.15) is 0 Å². The van der Waals surface area contributed by atoms with E-state index in [-0.39, 0.29) is 30.5 Å². The van der Waals surface area contributed by atoms with Gasteiger partial charge in [-0.05, 0) is 30.5 Å². The van der Waals surface area contributed by atoms with Gasteiger partial charge in [-0.15, -0.1) is 0 Å². The van der Waals surface area contributed by atoms with Crippen molar-refractivity contribution in [1.29, 1.82) is 0 Å². The Labute approximate surface area is 143 Å². The van der Waals surface area contributed by atoms with Crippen molar-refractivity contribution in [1.82, 2.24) is 0 Å². The van der Waals surface area contributed by atoms with E-state index >= 15 is 0 Å². The zero-order valence-electron chi connectivity index (χ0n) is 13.4. The van der Waals surface area contributed by atoms with Crippen LogP contribution in [0.5, 0.6) is 5.75 Å². The van der Waals surface area contributed by atoms with Crippen LogP contribution in [0.4, 0.5) is 0 Å². The number of carboxylic acids is 1. The van der Waals surface area contributed by atoms with E-state index in [1.807, 2.05) is 50.2 Å². The van der Waals surface area contributed by atoms with E-state index in [9.17, 15) is 15.0 Å². The zero-order valence-corrected chi connectivity index (χ0v) is 16.4. The molecule has 0 bridgehead atoms. The molecule has 4 heteroatoms. The van der Waals surface area contributed by atoms with Crippen molar-refractivity contribution >= 4 is 5.97 Å². The smallest absolute Gasteiger partial charge is 0.872 e. The molecular formula is C18H19O3Zn+. The summed E-state index contributed by atoms with van der Waals surface area (Å²) in [4.78, 5) is 11.4. The minimum atomic E-state index is -1.16. The molecule has 0 aromatic heterocycles. The standard InChI is InChI=1S/C18H20O3.Zn/c1-11-10-14(12(2)15(16(11)19)17(20)21)18(3,4)13-8-6-5-7-9-13;/h5-10,19H,1-4H3,(H,20,21);/q;+2/p-1. The number of aryl methyl sites for hydroxylation is 1. The van der Waals surface area contributed by atoms with E-state index in [0.29, 0.717) is 11.1 Å². The monoisotopic (exact) mass is 347 g/mol. The Morgan fingerprint density at radius 2 is 1.68 bits per heavy atom. The SMILES string of the molecule is Cc1cc(C(C)(C)c2ccccc2)c(C)c(C(=O)O)c1[O-].[Zn+2]. The number of carbonyl (C=O) groups is 1. The second-order valence-electron chi connectivity index (χ2n) is 5.87. The molecule has 0 aliphatic rings. The van der Waals surface area contributed by atoms with Crippen molar-refractivity contribution in [2.75, 3.05) is 0 Å². The van der Waals surface area contributed by atoms with Crippen molar-refractivity contribution in [3.63, 3.8) is 0 Å². The van der Waals surface area contributed by atoms with Crippen molar-refractivity contribution < 1.29 is 34.5 Å². The first-order valence-corrected chi connectivity index (χ1v) is 6.87. The Kier molecular flexibility index (Phi) is 5.53. The summed E-state index contributed by atoms with van der Waals surface area (Å²) in [5.41, 5.74) is 2.50. The summed E-state index contributed by atoms with van der Waals surface area (Å²) in [6.07, 6.45) is 0. The third-order valence-corrected chi connectivity index (χ3v) is 4.11. The molecule has 0 aliphatic heterocycles. The molecule has 0 saturated heterocycles. The minimum Gasteiger partial charge on any atom is -0.872 e. The first-order chi connectivity index (χ1) is 9.76. The maximum atomic E-state index is 12.1. The molecular weight excluding hydrogens is 330 g/mol. The van der Waals surface area contributed by atoms with Crippen LogP contribution in [0.25, 0.3) is 0 Å². The fourth-order valence-electron chi connectivity index (χ4n) is 2.81. The topological polar surface area (TPSA) is 60.4 Å². The van der Waals surface area contributed by atoms with Gasteiger partial charge in [0.05, 0.1) is 5.56 Å². The maximum Gasteiger partial charge on any atom is 2.00 e. The number of carboxylic acid groups (broad SMARTS) is 1. The van der Waals surface area contributed by atoms with E-state index in [2.05, 4.69) is 0 Å². The fourth-order valence-corrected chi connectivity index (χ4v) is 2.81. The molecule has 0 fully saturated rings. The molecule has 2 aromatic rings. The molecule has 0 amide bonds. The van der Waals surface area contributed by atoms with Crippen LogP contribution < -0.4 is 5.11 Å². The predicted octanol–water partition coefficient (Wildman–Crippen LogP) is 3.40. The molecule has 22 heavy (non-hydrogen) atoms. The molecule has 0 aliphatic carbocycles. The molecule has 110 valence electrons. The van der Waals surface area contributed by atoms with Gasteiger partial charge in [-0.3, -0.25) is 0 Å². The first-order valence-electron chi connectivity index (χ1n) is 6.87. The summed E-state index contributed by atoms with van der Waals surface area (Å²) in [7, 11) is 0. The van der Waals surface area contributed by atoms with Gasteiger partial charge in [-0.25, -0.2) is 4.79 Å². The molecule has 0 radical (unpaired) electrons. The summed E-state index contributed by atoms with van der Waals surface area (Å²) < 4.78 is 0. The van der Waals surface area contributed by atoms with E-state index in [1.54, 1.807) is 13.8 Å². The second kappa shape index (κ2) is 6.62. The number of hydrogen-bond donors (Lipinski definition) is 1. The Morgan fingerprint density at radius 1 is 1.14 bits per heavy atom. The molecule has 2 rings (SSSR count). The molecule has 0 saturated carbocycles. The fraction of sp³-hybridized carbons (Fsp3) is 0.278. The Hall–Kier alpha value is -1.67. The van der Waals surface area contributed by atoms with Crippen molar-refractivity contribution in [3.8, 4) is 5.75 Å². The van der Waals surface area contributed by atoms with Crippen LogP contribution in [0.2, 0.25) is 0 Å². The molecule has 0 heterocycles. The summed E-state index contributed by atoms with van der Waals surface area (Å²) in [5.74, 6) is -1.56. The third kappa shape index (κ3) is 3.07. The number of benzene rings is 2. The number of rotatable bonds is 3. The zero-order chi connectivity index (χ0) is 15.8. The third-order valence-electron chi connectivity index (χ3n) is 4.11. The van der Waals surface area contributed by atoms with E-state index in [4.69, 9.17) is 0 Å². The van der Waals surface area contributed by atoms with Crippen LogP contribution in [0.1, 0.15) is 46.5 Å². The average Bonchev–Trinajstić information content (AvgIpc) is 2.43. The summed E-state index contributed by atoms with van der Waals surface area (Å²) in [6.45, 7) is 7.46. The van der Waals surface area contributed by atoms with Gasteiger partial charge >= 0.3 is 25.4 Å². The van der Waals surface area contributed by atoms with Gasteiger partial charge in [0.15, 0.2) is 0 Å². The molecule has 0 unspecified atom stereocenters. The molecule has 0 atom stereocenters. The number of hydrogen-bond acceptors (Lipinski definition) is 2. The van der Waals surface area contributed by atoms with Crippen molar-refractivity contribution in [3.05, 3.63) is 64.2 Å². The van der Waals surface area contributed by atoms with Gasteiger partial charge in [0, 0.05) is 5.41 Å². The quantitative estimate of drug-likeness (QED) is 0.865. The van der Waals surface area contributed by atoms with E-state index in [1.165, 1.54) is 0 Å². The van der Waals surface area contributed by atoms with E-state index in [0.717, 1.165) is 11.1 Å². The summed E-state index contributed by atoms with van der Waals surface area (Å²) in [5, 5.41) is 21.4. The van der Waals surface area contributed by atoms with Crippen molar-refractivity contribution in [2.24, 2.45) is 0 Å². The second-order valence-corrected chi connectivity index (χ2v) is 5.87. The Bertz CT molecular complexity index is 691. The van der Waals surface area contributed by atoms with Crippen LogP contribution in [0, 0.1) is 13.8 Å². The van der Waals surface area contributed by atoms with Crippen LogP contribution >= 0.6 is 0 Å². The largest absolute Gasteiger partial charge is 2.00 e. The maximum absolute atomic E-state index is 12.1. The van der Waals surface area contributed by atoms with Gasteiger partial charge in [-0.2, -0.15) is 0 Å². The molecule has 3 nitrogen and oxygen atoms in total. The molecule has 2 aromatic carbocycles. The first kappa shape index (κ1) is 18.4. The predicted molar refractivity (Wildman–Crippen MR) is 80.9 cm³/mol. The van der Waals surface area contributed by atoms with Gasteiger partial charge in [-0.1, -0.05) is 61.6 Å². The van der Waals surface area contributed by atoms with Crippen LogP contribution in [-0.2, 0) is 24.9 Å². The summed E-state index contributed by atoms with van der Waals surface area (Å²) in [6, 6.07) is 11.7. The van der Waals surface area contributed by atoms with Crippen LogP contribution in [-0.4, -0.2) is 11.1 Å². The van der Waals surface area contributed by atoms with Crippen molar-refractivity contribution in [2.45, 2.75) is 33.1 Å². The molecule has 0 spiro atoms.